The van der Waals surface area contributed by atoms with Gasteiger partial charge in [0.1, 0.15) is 6.10 Å². The zero-order valence-corrected chi connectivity index (χ0v) is 10.9. The number of hydrogen-bond donors (Lipinski definition) is 0. The fourth-order valence-corrected chi connectivity index (χ4v) is 2.38. The minimum atomic E-state index is -0.0783. The van der Waals surface area contributed by atoms with Crippen LogP contribution < -0.4 is 0 Å². The molecule has 1 aliphatic heterocycles. The molecule has 1 heterocycles. The second kappa shape index (κ2) is 6.00. The molecule has 0 bridgehead atoms. The molecule has 2 atom stereocenters. The first-order valence-electron chi connectivity index (χ1n) is 6.78. The van der Waals surface area contributed by atoms with Crippen LogP contribution in [0.15, 0.2) is 60.7 Å². The molecule has 0 saturated carbocycles. The molecule has 0 radical (unpaired) electrons. The second-order valence-electron chi connectivity index (χ2n) is 4.82. The van der Waals surface area contributed by atoms with Gasteiger partial charge < -0.3 is 9.47 Å². The van der Waals surface area contributed by atoms with Gasteiger partial charge in [-0.2, -0.15) is 0 Å². The molecule has 1 fully saturated rings. The van der Waals surface area contributed by atoms with Gasteiger partial charge in [-0.15, -0.1) is 0 Å². The van der Waals surface area contributed by atoms with E-state index >= 15 is 0 Å². The van der Waals surface area contributed by atoms with E-state index < -0.39 is 0 Å². The van der Waals surface area contributed by atoms with E-state index in [-0.39, 0.29) is 12.4 Å². The zero-order chi connectivity index (χ0) is 12.9. The highest BCUT2D eigenvalue weighted by Crippen LogP contribution is 2.28. The summed E-state index contributed by atoms with van der Waals surface area (Å²) in [6.45, 7) is 0.656. The third-order valence-corrected chi connectivity index (χ3v) is 3.43. The van der Waals surface area contributed by atoms with E-state index in [1.807, 2.05) is 24.3 Å². The Hall–Kier alpha value is -1.64. The highest BCUT2D eigenvalue weighted by molar-refractivity contribution is 5.18. The highest BCUT2D eigenvalue weighted by atomic mass is 16.7. The molecular weight excluding hydrogens is 236 g/mol. The van der Waals surface area contributed by atoms with E-state index in [0.29, 0.717) is 6.61 Å². The van der Waals surface area contributed by atoms with Crippen molar-refractivity contribution in [3.8, 4) is 0 Å². The monoisotopic (exact) mass is 254 g/mol. The van der Waals surface area contributed by atoms with Crippen LogP contribution in [0, 0.1) is 0 Å². The van der Waals surface area contributed by atoms with Crippen LogP contribution in [0.1, 0.15) is 23.7 Å². The highest BCUT2D eigenvalue weighted by Gasteiger charge is 2.26. The number of rotatable bonds is 4. The van der Waals surface area contributed by atoms with Crippen molar-refractivity contribution >= 4 is 0 Å². The molecule has 3 rings (SSSR count). The summed E-state index contributed by atoms with van der Waals surface area (Å²) < 4.78 is 11.7. The van der Waals surface area contributed by atoms with Crippen LogP contribution in [-0.4, -0.2) is 12.9 Å². The standard InChI is InChI=1S/C17H18O2/c1-3-7-14(8-4-1)11-12-17-18-13-16(19-17)15-9-5-2-6-10-15/h1-10,16-17H,11-13H2. The maximum Gasteiger partial charge on any atom is 0.158 e. The first kappa shape index (κ1) is 12.4. The lowest BCUT2D eigenvalue weighted by Crippen LogP contribution is -2.09. The van der Waals surface area contributed by atoms with E-state index in [2.05, 4.69) is 36.4 Å². The Bertz CT molecular complexity index is 495. The molecule has 2 unspecified atom stereocenters. The molecule has 1 saturated heterocycles. The van der Waals surface area contributed by atoms with E-state index in [1.54, 1.807) is 0 Å². The van der Waals surface area contributed by atoms with Crippen molar-refractivity contribution in [3.05, 3.63) is 71.8 Å². The van der Waals surface area contributed by atoms with E-state index in [4.69, 9.17) is 9.47 Å². The van der Waals surface area contributed by atoms with Gasteiger partial charge in [0, 0.05) is 6.42 Å². The van der Waals surface area contributed by atoms with Crippen molar-refractivity contribution in [2.45, 2.75) is 25.2 Å². The largest absolute Gasteiger partial charge is 0.350 e. The predicted octanol–water partition coefficient (Wildman–Crippen LogP) is 3.73. The molecule has 0 amide bonds. The van der Waals surface area contributed by atoms with Crippen molar-refractivity contribution in [1.82, 2.24) is 0 Å². The zero-order valence-electron chi connectivity index (χ0n) is 10.9. The smallest absolute Gasteiger partial charge is 0.158 e. The molecule has 0 spiro atoms. The fourth-order valence-electron chi connectivity index (χ4n) is 2.38. The van der Waals surface area contributed by atoms with Gasteiger partial charge in [-0.3, -0.25) is 0 Å². The van der Waals surface area contributed by atoms with Crippen LogP contribution in [0.4, 0.5) is 0 Å². The summed E-state index contributed by atoms with van der Waals surface area (Å²) in [5.74, 6) is 0. The van der Waals surface area contributed by atoms with Crippen molar-refractivity contribution in [2.75, 3.05) is 6.61 Å². The second-order valence-corrected chi connectivity index (χ2v) is 4.82. The van der Waals surface area contributed by atoms with Gasteiger partial charge in [-0.25, -0.2) is 0 Å². The number of aryl methyl sites for hydroxylation is 1. The molecule has 2 heteroatoms. The predicted molar refractivity (Wildman–Crippen MR) is 74.8 cm³/mol. The van der Waals surface area contributed by atoms with Gasteiger partial charge in [-0.1, -0.05) is 60.7 Å². The molecule has 0 aliphatic carbocycles. The maximum absolute atomic E-state index is 5.95. The van der Waals surface area contributed by atoms with Crippen molar-refractivity contribution in [2.24, 2.45) is 0 Å². The Morgan fingerprint density at radius 2 is 1.58 bits per heavy atom. The summed E-state index contributed by atoms with van der Waals surface area (Å²) in [6.07, 6.45) is 1.91. The Morgan fingerprint density at radius 1 is 0.895 bits per heavy atom. The van der Waals surface area contributed by atoms with Gasteiger partial charge in [0.15, 0.2) is 6.29 Å². The summed E-state index contributed by atoms with van der Waals surface area (Å²) in [5.41, 5.74) is 2.53. The number of hydrogen-bond acceptors (Lipinski definition) is 2. The number of ether oxygens (including phenoxy) is 2. The van der Waals surface area contributed by atoms with Crippen molar-refractivity contribution < 1.29 is 9.47 Å². The number of benzene rings is 2. The van der Waals surface area contributed by atoms with Gasteiger partial charge in [0.05, 0.1) is 6.61 Å². The molecule has 0 aromatic heterocycles. The first-order valence-corrected chi connectivity index (χ1v) is 6.78. The lowest BCUT2D eigenvalue weighted by atomic mass is 10.1. The van der Waals surface area contributed by atoms with Gasteiger partial charge in [-0.05, 0) is 17.5 Å². The van der Waals surface area contributed by atoms with Crippen LogP contribution in [0.25, 0.3) is 0 Å². The third-order valence-electron chi connectivity index (χ3n) is 3.43. The molecule has 1 aliphatic rings. The molecule has 2 aromatic rings. The van der Waals surface area contributed by atoms with Gasteiger partial charge >= 0.3 is 0 Å². The Morgan fingerprint density at radius 3 is 2.32 bits per heavy atom. The van der Waals surface area contributed by atoms with E-state index in [1.165, 1.54) is 11.1 Å². The van der Waals surface area contributed by atoms with Crippen LogP contribution in [0.2, 0.25) is 0 Å². The molecular formula is C17H18O2. The molecule has 2 aromatic carbocycles. The summed E-state index contributed by atoms with van der Waals surface area (Å²) in [4.78, 5) is 0. The molecule has 2 nitrogen and oxygen atoms in total. The normalized spacial score (nSPS) is 22.5. The van der Waals surface area contributed by atoms with Crippen LogP contribution >= 0.6 is 0 Å². The first-order chi connectivity index (χ1) is 9.42. The molecule has 98 valence electrons. The third kappa shape index (κ3) is 3.22. The molecule has 19 heavy (non-hydrogen) atoms. The van der Waals surface area contributed by atoms with Crippen molar-refractivity contribution in [3.63, 3.8) is 0 Å². The average Bonchev–Trinajstić information content (AvgIpc) is 2.96. The van der Waals surface area contributed by atoms with Crippen LogP contribution in [0.5, 0.6) is 0 Å². The Kier molecular flexibility index (Phi) is 3.92. The maximum atomic E-state index is 5.95. The summed E-state index contributed by atoms with van der Waals surface area (Å²) >= 11 is 0. The van der Waals surface area contributed by atoms with E-state index in [9.17, 15) is 0 Å². The Balaban J connectivity index is 1.52. The van der Waals surface area contributed by atoms with Crippen molar-refractivity contribution in [1.29, 1.82) is 0 Å². The van der Waals surface area contributed by atoms with E-state index in [0.717, 1.165) is 12.8 Å². The molecule has 0 N–H and O–H groups in total. The van der Waals surface area contributed by atoms with Gasteiger partial charge in [0.25, 0.3) is 0 Å². The fraction of sp³-hybridized carbons (Fsp3) is 0.294. The van der Waals surface area contributed by atoms with Crippen LogP contribution in [0.3, 0.4) is 0 Å². The Labute approximate surface area is 114 Å². The minimum absolute atomic E-state index is 0.0783. The topological polar surface area (TPSA) is 18.5 Å². The summed E-state index contributed by atoms with van der Waals surface area (Å²) in [5, 5.41) is 0. The average molecular weight is 254 g/mol. The summed E-state index contributed by atoms with van der Waals surface area (Å²) in [7, 11) is 0. The SMILES string of the molecule is c1ccc(CCC2OCC(c3ccccc3)O2)cc1. The quantitative estimate of drug-likeness (QED) is 0.827. The lowest BCUT2D eigenvalue weighted by Gasteiger charge is -2.11. The lowest BCUT2D eigenvalue weighted by molar-refractivity contribution is -0.0621. The summed E-state index contributed by atoms with van der Waals surface area (Å²) in [6, 6.07) is 20.7. The van der Waals surface area contributed by atoms with Gasteiger partial charge in [0.2, 0.25) is 0 Å². The minimum Gasteiger partial charge on any atom is -0.350 e. The van der Waals surface area contributed by atoms with Crippen LogP contribution in [-0.2, 0) is 15.9 Å².